The number of rotatable bonds is 11. The minimum absolute atomic E-state index is 0.297. The lowest BCUT2D eigenvalue weighted by atomic mass is 10.1. The standard InChI is InChI=1S/C12H28N2O/c1-2-3-4-5-8-12(11-13)14-9-6-7-10-15/h12,14-15H,2-11,13H2,1H3. The predicted molar refractivity (Wildman–Crippen MR) is 65.9 cm³/mol. The van der Waals surface area contributed by atoms with Crippen molar-refractivity contribution in [2.45, 2.75) is 57.9 Å². The molecule has 92 valence electrons. The summed E-state index contributed by atoms with van der Waals surface area (Å²) in [4.78, 5) is 0. The van der Waals surface area contributed by atoms with Gasteiger partial charge in [0.25, 0.3) is 0 Å². The van der Waals surface area contributed by atoms with E-state index in [9.17, 15) is 0 Å². The number of nitrogens with one attached hydrogen (secondary N) is 1. The van der Waals surface area contributed by atoms with Gasteiger partial charge in [-0.3, -0.25) is 0 Å². The highest BCUT2D eigenvalue weighted by Crippen LogP contribution is 2.05. The fourth-order valence-electron chi connectivity index (χ4n) is 1.66. The summed E-state index contributed by atoms with van der Waals surface area (Å²) < 4.78 is 0. The average molecular weight is 216 g/mol. The van der Waals surface area contributed by atoms with Gasteiger partial charge in [-0.25, -0.2) is 0 Å². The van der Waals surface area contributed by atoms with E-state index < -0.39 is 0 Å². The van der Waals surface area contributed by atoms with Gasteiger partial charge in [-0.05, 0) is 25.8 Å². The molecular weight excluding hydrogens is 188 g/mol. The predicted octanol–water partition coefficient (Wildman–Crippen LogP) is 1.65. The summed E-state index contributed by atoms with van der Waals surface area (Å²) in [6.07, 6.45) is 8.35. The molecule has 15 heavy (non-hydrogen) atoms. The lowest BCUT2D eigenvalue weighted by Crippen LogP contribution is -2.36. The van der Waals surface area contributed by atoms with E-state index in [1.54, 1.807) is 0 Å². The highest BCUT2D eigenvalue weighted by Gasteiger charge is 2.04. The van der Waals surface area contributed by atoms with Gasteiger partial charge >= 0.3 is 0 Å². The Balaban J connectivity index is 3.29. The van der Waals surface area contributed by atoms with Crippen LogP contribution in [0, 0.1) is 0 Å². The van der Waals surface area contributed by atoms with Crippen LogP contribution >= 0.6 is 0 Å². The van der Waals surface area contributed by atoms with Crippen molar-refractivity contribution in [3.63, 3.8) is 0 Å². The second kappa shape index (κ2) is 12.0. The van der Waals surface area contributed by atoms with Crippen LogP contribution in [-0.4, -0.2) is 30.8 Å². The quantitative estimate of drug-likeness (QED) is 0.460. The average Bonchev–Trinajstić information content (AvgIpc) is 2.27. The summed E-state index contributed by atoms with van der Waals surface area (Å²) in [6, 6.07) is 0.473. The molecule has 3 heteroatoms. The molecule has 0 fully saturated rings. The summed E-state index contributed by atoms with van der Waals surface area (Å²) in [5, 5.41) is 12.1. The fourth-order valence-corrected chi connectivity index (χ4v) is 1.66. The molecule has 0 amide bonds. The van der Waals surface area contributed by atoms with Gasteiger partial charge in [0.2, 0.25) is 0 Å². The Kier molecular flexibility index (Phi) is 11.9. The molecule has 0 spiro atoms. The Labute approximate surface area is 94.4 Å². The molecule has 0 aliphatic carbocycles. The smallest absolute Gasteiger partial charge is 0.0431 e. The van der Waals surface area contributed by atoms with Crippen LogP contribution in [0.4, 0.5) is 0 Å². The van der Waals surface area contributed by atoms with E-state index in [1.807, 2.05) is 0 Å². The van der Waals surface area contributed by atoms with E-state index in [1.165, 1.54) is 32.1 Å². The van der Waals surface area contributed by atoms with Crippen LogP contribution in [0.1, 0.15) is 51.9 Å². The molecule has 0 aliphatic heterocycles. The molecule has 4 N–H and O–H groups in total. The highest BCUT2D eigenvalue weighted by molar-refractivity contribution is 4.67. The van der Waals surface area contributed by atoms with E-state index in [0.29, 0.717) is 12.6 Å². The molecule has 1 atom stereocenters. The van der Waals surface area contributed by atoms with Gasteiger partial charge in [-0.2, -0.15) is 0 Å². The first-order chi connectivity index (χ1) is 7.35. The number of hydrogen-bond donors (Lipinski definition) is 3. The first-order valence-electron chi connectivity index (χ1n) is 6.39. The highest BCUT2D eigenvalue weighted by atomic mass is 16.2. The first-order valence-corrected chi connectivity index (χ1v) is 6.39. The molecule has 0 aromatic rings. The molecule has 0 rings (SSSR count). The summed E-state index contributed by atoms with van der Waals surface area (Å²) in [6.45, 7) is 4.24. The van der Waals surface area contributed by atoms with Crippen LogP contribution in [-0.2, 0) is 0 Å². The fraction of sp³-hybridized carbons (Fsp3) is 1.00. The Morgan fingerprint density at radius 2 is 1.93 bits per heavy atom. The maximum atomic E-state index is 8.64. The van der Waals surface area contributed by atoms with Crippen molar-refractivity contribution in [2.24, 2.45) is 5.73 Å². The van der Waals surface area contributed by atoms with Gasteiger partial charge in [0, 0.05) is 19.2 Å². The Hall–Kier alpha value is -0.120. The zero-order valence-corrected chi connectivity index (χ0v) is 10.2. The number of aliphatic hydroxyl groups excluding tert-OH is 1. The SMILES string of the molecule is CCCCCCC(CN)NCCCCO. The maximum Gasteiger partial charge on any atom is 0.0431 e. The van der Waals surface area contributed by atoms with Gasteiger partial charge in [0.15, 0.2) is 0 Å². The van der Waals surface area contributed by atoms with Crippen LogP contribution < -0.4 is 11.1 Å². The molecule has 0 heterocycles. The van der Waals surface area contributed by atoms with Crippen molar-refractivity contribution in [1.29, 1.82) is 0 Å². The van der Waals surface area contributed by atoms with Crippen molar-refractivity contribution in [3.8, 4) is 0 Å². The Morgan fingerprint density at radius 1 is 1.13 bits per heavy atom. The van der Waals surface area contributed by atoms with Crippen LogP contribution in [0.2, 0.25) is 0 Å². The van der Waals surface area contributed by atoms with Gasteiger partial charge in [0.05, 0.1) is 0 Å². The van der Waals surface area contributed by atoms with E-state index >= 15 is 0 Å². The van der Waals surface area contributed by atoms with E-state index in [0.717, 1.165) is 25.9 Å². The summed E-state index contributed by atoms with van der Waals surface area (Å²) in [5.41, 5.74) is 5.69. The summed E-state index contributed by atoms with van der Waals surface area (Å²) in [7, 11) is 0. The first kappa shape index (κ1) is 14.9. The van der Waals surface area contributed by atoms with Crippen molar-refractivity contribution < 1.29 is 5.11 Å². The lowest BCUT2D eigenvalue weighted by molar-refractivity contribution is 0.282. The molecule has 0 aromatic heterocycles. The zero-order valence-electron chi connectivity index (χ0n) is 10.2. The molecule has 1 unspecified atom stereocenters. The third-order valence-electron chi connectivity index (χ3n) is 2.71. The van der Waals surface area contributed by atoms with E-state index in [4.69, 9.17) is 10.8 Å². The molecule has 0 aromatic carbocycles. The van der Waals surface area contributed by atoms with Gasteiger partial charge in [0.1, 0.15) is 0 Å². The van der Waals surface area contributed by atoms with E-state index in [-0.39, 0.29) is 0 Å². The minimum Gasteiger partial charge on any atom is -0.396 e. The molecule has 0 radical (unpaired) electrons. The van der Waals surface area contributed by atoms with Crippen molar-refractivity contribution in [1.82, 2.24) is 5.32 Å². The van der Waals surface area contributed by atoms with Crippen LogP contribution in [0.5, 0.6) is 0 Å². The molecule has 0 aliphatic rings. The van der Waals surface area contributed by atoms with Crippen molar-refractivity contribution in [2.75, 3.05) is 19.7 Å². The second-order valence-electron chi connectivity index (χ2n) is 4.17. The topological polar surface area (TPSA) is 58.3 Å². The molecule has 0 saturated carbocycles. The van der Waals surface area contributed by atoms with Crippen LogP contribution in [0.15, 0.2) is 0 Å². The number of unbranched alkanes of at least 4 members (excludes halogenated alkanes) is 4. The minimum atomic E-state index is 0.297. The summed E-state index contributed by atoms with van der Waals surface area (Å²) >= 11 is 0. The van der Waals surface area contributed by atoms with Gasteiger partial charge in [-0.15, -0.1) is 0 Å². The molecule has 0 saturated heterocycles. The van der Waals surface area contributed by atoms with Gasteiger partial charge < -0.3 is 16.2 Å². The summed E-state index contributed by atoms with van der Waals surface area (Å²) in [5.74, 6) is 0. The third kappa shape index (κ3) is 10.2. The zero-order chi connectivity index (χ0) is 11.4. The van der Waals surface area contributed by atoms with Crippen molar-refractivity contribution in [3.05, 3.63) is 0 Å². The van der Waals surface area contributed by atoms with E-state index in [2.05, 4.69) is 12.2 Å². The van der Waals surface area contributed by atoms with Crippen molar-refractivity contribution >= 4 is 0 Å². The molecule has 3 nitrogen and oxygen atoms in total. The third-order valence-corrected chi connectivity index (χ3v) is 2.71. The lowest BCUT2D eigenvalue weighted by Gasteiger charge is -2.16. The normalized spacial score (nSPS) is 13.0. The Bertz CT molecular complexity index is 108. The Morgan fingerprint density at radius 3 is 2.53 bits per heavy atom. The largest absolute Gasteiger partial charge is 0.396 e. The second-order valence-corrected chi connectivity index (χ2v) is 4.17. The number of aliphatic hydroxyl groups is 1. The maximum absolute atomic E-state index is 8.64. The number of nitrogens with two attached hydrogens (primary N) is 1. The molecular formula is C12H28N2O. The van der Waals surface area contributed by atoms with Crippen LogP contribution in [0.25, 0.3) is 0 Å². The van der Waals surface area contributed by atoms with Gasteiger partial charge in [-0.1, -0.05) is 32.6 Å². The number of hydrogen-bond acceptors (Lipinski definition) is 3. The molecule has 0 bridgehead atoms. The van der Waals surface area contributed by atoms with Crippen LogP contribution in [0.3, 0.4) is 0 Å². The monoisotopic (exact) mass is 216 g/mol.